The molecule has 0 aliphatic heterocycles. The van der Waals surface area contributed by atoms with Crippen LogP contribution in [0, 0.1) is 13.8 Å². The Balaban J connectivity index is 1.91. The van der Waals surface area contributed by atoms with Crippen LogP contribution in [0.4, 0.5) is 17.1 Å². The van der Waals surface area contributed by atoms with Gasteiger partial charge in [0, 0.05) is 15.4 Å². The van der Waals surface area contributed by atoms with Gasteiger partial charge < -0.3 is 10.8 Å². The van der Waals surface area contributed by atoms with E-state index in [-0.39, 0.29) is 11.2 Å². The molecule has 150 valence electrons. The fraction of sp³-hybridized carbons (Fsp3) is 0.250. The van der Waals surface area contributed by atoms with Crippen LogP contribution in [0.3, 0.4) is 0 Å². The largest absolute Gasteiger partial charge is 0.505 e. The minimum atomic E-state index is -0.190. The second-order valence-electron chi connectivity index (χ2n) is 8.27. The van der Waals surface area contributed by atoms with E-state index >= 15 is 0 Å². The fourth-order valence-electron chi connectivity index (χ4n) is 2.93. The Labute approximate surface area is 176 Å². The van der Waals surface area contributed by atoms with E-state index in [0.29, 0.717) is 17.1 Å². The average Bonchev–Trinajstić information content (AvgIpc) is 2.65. The summed E-state index contributed by atoms with van der Waals surface area (Å²) in [6.07, 6.45) is 0. The van der Waals surface area contributed by atoms with Gasteiger partial charge in [-0.2, -0.15) is 0 Å². The smallest absolute Gasteiger partial charge is 0.146 e. The molecule has 0 radical (unpaired) electrons. The Morgan fingerprint density at radius 2 is 1.41 bits per heavy atom. The van der Waals surface area contributed by atoms with E-state index in [0.717, 1.165) is 20.9 Å². The lowest BCUT2D eigenvalue weighted by molar-refractivity contribution is 0.447. The van der Waals surface area contributed by atoms with Crippen LogP contribution in [0.1, 0.15) is 37.5 Å². The van der Waals surface area contributed by atoms with Gasteiger partial charge in [0.05, 0.1) is 5.69 Å². The molecule has 0 amide bonds. The number of hydrogen-bond donors (Lipinski definition) is 2. The highest BCUT2D eigenvalue weighted by Crippen LogP contribution is 2.40. The van der Waals surface area contributed by atoms with Crippen molar-refractivity contribution in [2.45, 2.75) is 49.8 Å². The number of rotatable bonds is 4. The number of nitrogen functional groups attached to an aromatic ring is 1. The van der Waals surface area contributed by atoms with Crippen LogP contribution in [-0.2, 0) is 5.41 Å². The molecule has 0 aromatic heterocycles. The first-order chi connectivity index (χ1) is 13.6. The molecular weight excluding hydrogens is 378 g/mol. The predicted molar refractivity (Wildman–Crippen MR) is 122 cm³/mol. The lowest BCUT2D eigenvalue weighted by Gasteiger charge is -2.21. The molecule has 0 saturated carbocycles. The third kappa shape index (κ3) is 5.18. The van der Waals surface area contributed by atoms with E-state index in [1.807, 2.05) is 37.3 Å². The van der Waals surface area contributed by atoms with Gasteiger partial charge in [0.1, 0.15) is 17.1 Å². The number of hydrogen-bond acceptors (Lipinski definition) is 5. The first-order valence-electron chi connectivity index (χ1n) is 9.53. The van der Waals surface area contributed by atoms with Crippen LogP contribution in [0.25, 0.3) is 0 Å². The Hall–Kier alpha value is -2.79. The summed E-state index contributed by atoms with van der Waals surface area (Å²) in [6.45, 7) is 10.2. The van der Waals surface area contributed by atoms with Crippen LogP contribution in [0.5, 0.6) is 5.75 Å². The highest BCUT2D eigenvalue weighted by atomic mass is 32.2. The van der Waals surface area contributed by atoms with E-state index in [1.54, 1.807) is 11.8 Å². The number of benzene rings is 3. The van der Waals surface area contributed by atoms with Crippen LogP contribution in [0.15, 0.2) is 74.6 Å². The van der Waals surface area contributed by atoms with Crippen LogP contribution in [-0.4, -0.2) is 5.11 Å². The van der Waals surface area contributed by atoms with Gasteiger partial charge >= 0.3 is 0 Å². The molecule has 0 aliphatic carbocycles. The molecule has 0 atom stereocenters. The van der Waals surface area contributed by atoms with Crippen molar-refractivity contribution in [3.63, 3.8) is 0 Å². The lowest BCUT2D eigenvalue weighted by atomic mass is 9.85. The molecule has 0 spiro atoms. The van der Waals surface area contributed by atoms with Gasteiger partial charge in [-0.05, 0) is 61.2 Å². The first kappa shape index (κ1) is 20.9. The summed E-state index contributed by atoms with van der Waals surface area (Å²) in [5.74, 6) is 0.163. The van der Waals surface area contributed by atoms with Crippen LogP contribution < -0.4 is 5.73 Å². The number of phenolic OH excluding ortho intramolecular Hbond substituents is 1. The molecule has 0 heterocycles. The zero-order valence-corrected chi connectivity index (χ0v) is 18.3. The SMILES string of the molecule is Cc1ccc(Sc2ccc(N)c(N=Nc3cc(C)cc(C(C)(C)C)c3O)c2)cc1. The molecule has 4 nitrogen and oxygen atoms in total. The van der Waals surface area contributed by atoms with Gasteiger partial charge in [0.15, 0.2) is 0 Å². The van der Waals surface area contributed by atoms with Gasteiger partial charge in [-0.3, -0.25) is 0 Å². The first-order valence-corrected chi connectivity index (χ1v) is 10.3. The second-order valence-corrected chi connectivity index (χ2v) is 9.41. The minimum Gasteiger partial charge on any atom is -0.505 e. The zero-order chi connectivity index (χ0) is 21.2. The van der Waals surface area contributed by atoms with Crippen LogP contribution >= 0.6 is 11.8 Å². The van der Waals surface area contributed by atoms with Gasteiger partial charge in [-0.15, -0.1) is 10.2 Å². The zero-order valence-electron chi connectivity index (χ0n) is 17.5. The number of nitrogens with zero attached hydrogens (tertiary/aromatic N) is 2. The minimum absolute atomic E-state index is 0.163. The monoisotopic (exact) mass is 405 g/mol. The van der Waals surface area contributed by atoms with E-state index < -0.39 is 0 Å². The number of nitrogens with two attached hydrogens (primary N) is 1. The summed E-state index contributed by atoms with van der Waals surface area (Å²) in [7, 11) is 0. The van der Waals surface area contributed by atoms with Gasteiger partial charge in [0.2, 0.25) is 0 Å². The van der Waals surface area contributed by atoms with Crippen molar-refractivity contribution >= 4 is 28.8 Å². The molecule has 3 aromatic rings. The molecule has 0 bridgehead atoms. The van der Waals surface area contributed by atoms with E-state index in [1.165, 1.54) is 5.56 Å². The Morgan fingerprint density at radius 1 is 0.793 bits per heavy atom. The Bertz CT molecular complexity index is 1050. The van der Waals surface area contributed by atoms with E-state index in [9.17, 15) is 5.11 Å². The number of phenols is 1. The maximum absolute atomic E-state index is 10.7. The quantitative estimate of drug-likeness (QED) is 0.349. The van der Waals surface area contributed by atoms with Crippen LogP contribution in [0.2, 0.25) is 0 Å². The third-order valence-corrected chi connectivity index (χ3v) is 5.56. The molecular formula is C24H27N3OS. The number of aryl methyl sites for hydroxylation is 2. The lowest BCUT2D eigenvalue weighted by Crippen LogP contribution is -2.11. The molecule has 0 fully saturated rings. The van der Waals surface area contributed by atoms with E-state index in [2.05, 4.69) is 62.2 Å². The summed E-state index contributed by atoms with van der Waals surface area (Å²) in [6, 6.07) is 17.9. The standard InChI is InChI=1S/C24H27N3OS/c1-15-6-8-17(9-7-15)29-18-10-11-20(25)21(14-18)26-27-22-13-16(2)12-19(23(22)28)24(3,4)5/h6-14,28H,25H2,1-5H3. The molecule has 29 heavy (non-hydrogen) atoms. The fourth-order valence-corrected chi connectivity index (χ4v) is 3.78. The normalized spacial score (nSPS) is 11.9. The molecule has 3 N–H and O–H groups in total. The molecule has 5 heteroatoms. The molecule has 3 rings (SSSR count). The molecule has 0 unspecified atom stereocenters. The Kier molecular flexibility index (Phi) is 5.99. The van der Waals surface area contributed by atoms with Crippen molar-refractivity contribution in [1.29, 1.82) is 0 Å². The Morgan fingerprint density at radius 3 is 2.07 bits per heavy atom. The maximum Gasteiger partial charge on any atom is 0.146 e. The number of aromatic hydroxyl groups is 1. The molecule has 0 saturated heterocycles. The van der Waals surface area contributed by atoms with Gasteiger partial charge in [-0.25, -0.2) is 0 Å². The average molecular weight is 406 g/mol. The summed E-state index contributed by atoms with van der Waals surface area (Å²) in [5.41, 5.74) is 10.6. The van der Waals surface area contributed by atoms with Crippen molar-refractivity contribution in [3.05, 3.63) is 71.3 Å². The maximum atomic E-state index is 10.7. The second kappa shape index (κ2) is 8.29. The highest BCUT2D eigenvalue weighted by molar-refractivity contribution is 7.99. The van der Waals surface area contributed by atoms with Gasteiger partial charge in [0.25, 0.3) is 0 Å². The van der Waals surface area contributed by atoms with E-state index in [4.69, 9.17) is 5.73 Å². The van der Waals surface area contributed by atoms with Crippen molar-refractivity contribution < 1.29 is 5.11 Å². The summed E-state index contributed by atoms with van der Waals surface area (Å²) in [5, 5.41) is 19.3. The summed E-state index contributed by atoms with van der Waals surface area (Å²) in [4.78, 5) is 2.18. The predicted octanol–water partition coefficient (Wildman–Crippen LogP) is 7.46. The topological polar surface area (TPSA) is 71.0 Å². The number of azo groups is 1. The van der Waals surface area contributed by atoms with Crippen molar-refractivity contribution in [1.82, 2.24) is 0 Å². The molecule has 3 aromatic carbocycles. The highest BCUT2D eigenvalue weighted by Gasteiger charge is 2.20. The summed E-state index contributed by atoms with van der Waals surface area (Å²) >= 11 is 1.65. The third-order valence-electron chi connectivity index (χ3n) is 4.57. The molecule has 0 aliphatic rings. The van der Waals surface area contributed by atoms with Gasteiger partial charge in [-0.1, -0.05) is 56.3 Å². The number of anilines is 1. The van der Waals surface area contributed by atoms with Crippen molar-refractivity contribution in [3.8, 4) is 5.75 Å². The van der Waals surface area contributed by atoms with Crippen molar-refractivity contribution in [2.24, 2.45) is 10.2 Å². The van der Waals surface area contributed by atoms with Crippen molar-refractivity contribution in [2.75, 3.05) is 5.73 Å². The summed E-state index contributed by atoms with van der Waals surface area (Å²) < 4.78 is 0.